The first kappa shape index (κ1) is 15.2. The zero-order valence-corrected chi connectivity index (χ0v) is 11.3. The van der Waals surface area contributed by atoms with Gasteiger partial charge in [0, 0.05) is 13.1 Å². The van der Waals surface area contributed by atoms with Gasteiger partial charge in [0.25, 0.3) is 0 Å². The average molecular weight is 264 g/mol. The quantitative estimate of drug-likeness (QED) is 0.661. The van der Waals surface area contributed by atoms with Crippen molar-refractivity contribution in [2.24, 2.45) is 0 Å². The lowest BCUT2D eigenvalue weighted by Crippen LogP contribution is -2.34. The fourth-order valence-electron chi connectivity index (χ4n) is 1.75. The minimum atomic E-state index is -0.764. The summed E-state index contributed by atoms with van der Waals surface area (Å²) in [4.78, 5) is 22.7. The first-order chi connectivity index (χ1) is 9.04. The van der Waals surface area contributed by atoms with Gasteiger partial charge in [-0.1, -0.05) is 24.3 Å². The highest BCUT2D eigenvalue weighted by Crippen LogP contribution is 2.16. The molecule has 1 atom stereocenters. The topological polar surface area (TPSA) is 78.4 Å². The molecule has 5 heteroatoms. The van der Waals surface area contributed by atoms with Crippen LogP contribution in [0.15, 0.2) is 24.3 Å². The second-order valence-corrected chi connectivity index (χ2v) is 4.31. The third-order valence-corrected chi connectivity index (χ3v) is 2.74. The highest BCUT2D eigenvalue weighted by atomic mass is 16.3. The van der Waals surface area contributed by atoms with Crippen molar-refractivity contribution in [2.45, 2.75) is 26.4 Å². The van der Waals surface area contributed by atoms with E-state index in [1.54, 1.807) is 6.92 Å². The molecule has 19 heavy (non-hydrogen) atoms. The monoisotopic (exact) mass is 264 g/mol. The molecule has 104 valence electrons. The maximum Gasteiger partial charge on any atom is 0.229 e. The average Bonchev–Trinajstić information content (AvgIpc) is 2.36. The van der Waals surface area contributed by atoms with Crippen LogP contribution < -0.4 is 10.6 Å². The van der Waals surface area contributed by atoms with Crippen LogP contribution in [-0.2, 0) is 9.59 Å². The van der Waals surface area contributed by atoms with Crippen molar-refractivity contribution in [1.82, 2.24) is 10.6 Å². The molecule has 1 unspecified atom stereocenters. The molecule has 1 rings (SSSR count). The molecule has 5 nitrogen and oxygen atoms in total. The molecule has 0 spiro atoms. The molecule has 3 N–H and O–H groups in total. The van der Waals surface area contributed by atoms with E-state index in [0.29, 0.717) is 6.54 Å². The molecule has 1 aromatic rings. The van der Waals surface area contributed by atoms with Gasteiger partial charge in [0.15, 0.2) is 0 Å². The number of hydrogen-bond acceptors (Lipinski definition) is 3. The van der Waals surface area contributed by atoms with Gasteiger partial charge >= 0.3 is 0 Å². The van der Waals surface area contributed by atoms with E-state index in [9.17, 15) is 14.7 Å². The second-order valence-electron chi connectivity index (χ2n) is 4.31. The van der Waals surface area contributed by atoms with Crippen LogP contribution in [0.3, 0.4) is 0 Å². The van der Waals surface area contributed by atoms with E-state index in [1.165, 1.54) is 0 Å². The fourth-order valence-corrected chi connectivity index (χ4v) is 1.75. The van der Waals surface area contributed by atoms with Crippen LogP contribution in [0.1, 0.15) is 30.6 Å². The van der Waals surface area contributed by atoms with Gasteiger partial charge in [-0.3, -0.25) is 9.59 Å². The molecule has 0 aromatic heterocycles. The Morgan fingerprint density at radius 2 is 1.84 bits per heavy atom. The van der Waals surface area contributed by atoms with E-state index in [1.807, 2.05) is 31.2 Å². The van der Waals surface area contributed by atoms with E-state index in [4.69, 9.17) is 0 Å². The summed E-state index contributed by atoms with van der Waals surface area (Å²) in [5.41, 5.74) is 1.74. The first-order valence-corrected chi connectivity index (χ1v) is 6.31. The molecule has 2 amide bonds. The van der Waals surface area contributed by atoms with Crippen molar-refractivity contribution in [3.63, 3.8) is 0 Å². The molecular formula is C14H20N2O3. The summed E-state index contributed by atoms with van der Waals surface area (Å²) in [6.07, 6.45) is -0.978. The number of aliphatic hydroxyl groups is 1. The van der Waals surface area contributed by atoms with Crippen LogP contribution in [-0.4, -0.2) is 30.0 Å². The Hall–Kier alpha value is -1.88. The molecular weight excluding hydrogens is 244 g/mol. The SMILES string of the molecule is CCNC(=O)CC(=O)NCC(O)c1ccccc1C. The normalized spacial score (nSPS) is 11.7. The number of hydrogen-bond donors (Lipinski definition) is 3. The summed E-state index contributed by atoms with van der Waals surface area (Å²) in [6, 6.07) is 7.44. The van der Waals surface area contributed by atoms with E-state index < -0.39 is 12.0 Å². The van der Waals surface area contributed by atoms with Crippen LogP contribution in [0.25, 0.3) is 0 Å². The van der Waals surface area contributed by atoms with Crippen LogP contribution in [0.4, 0.5) is 0 Å². The molecule has 0 fully saturated rings. The molecule has 0 radical (unpaired) electrons. The van der Waals surface area contributed by atoms with Crippen LogP contribution >= 0.6 is 0 Å². The maximum absolute atomic E-state index is 11.5. The van der Waals surface area contributed by atoms with Gasteiger partial charge in [0.05, 0.1) is 6.10 Å². The summed E-state index contributed by atoms with van der Waals surface area (Å²) in [6.45, 7) is 4.29. The Morgan fingerprint density at radius 3 is 2.47 bits per heavy atom. The molecule has 0 aliphatic heterocycles. The number of amides is 2. The van der Waals surface area contributed by atoms with Crippen molar-refractivity contribution in [1.29, 1.82) is 0 Å². The standard InChI is InChI=1S/C14H20N2O3/c1-3-15-13(18)8-14(19)16-9-12(17)11-7-5-4-6-10(11)2/h4-7,12,17H,3,8-9H2,1-2H3,(H,15,18)(H,16,19). The molecule has 0 saturated heterocycles. The lowest BCUT2D eigenvalue weighted by Gasteiger charge is -2.14. The highest BCUT2D eigenvalue weighted by molar-refractivity contribution is 5.96. The van der Waals surface area contributed by atoms with Gasteiger partial charge < -0.3 is 15.7 Å². The van der Waals surface area contributed by atoms with Crippen molar-refractivity contribution >= 4 is 11.8 Å². The summed E-state index contributed by atoms with van der Waals surface area (Å²) in [5, 5.41) is 15.1. The van der Waals surface area contributed by atoms with Crippen LogP contribution in [0.2, 0.25) is 0 Å². The summed E-state index contributed by atoms with van der Waals surface area (Å²) >= 11 is 0. The zero-order valence-electron chi connectivity index (χ0n) is 11.3. The summed E-state index contributed by atoms with van der Waals surface area (Å²) in [5.74, 6) is -0.705. The Bertz CT molecular complexity index is 446. The maximum atomic E-state index is 11.5. The van der Waals surface area contributed by atoms with E-state index >= 15 is 0 Å². The lowest BCUT2D eigenvalue weighted by atomic mass is 10.0. The largest absolute Gasteiger partial charge is 0.387 e. The van der Waals surface area contributed by atoms with Gasteiger partial charge in [-0.15, -0.1) is 0 Å². The summed E-state index contributed by atoms with van der Waals surface area (Å²) < 4.78 is 0. The van der Waals surface area contributed by atoms with E-state index in [-0.39, 0.29) is 18.9 Å². The Balaban J connectivity index is 2.42. The first-order valence-electron chi connectivity index (χ1n) is 6.31. The van der Waals surface area contributed by atoms with Crippen molar-refractivity contribution < 1.29 is 14.7 Å². The van der Waals surface area contributed by atoms with E-state index in [2.05, 4.69) is 10.6 Å². The molecule has 0 aliphatic carbocycles. The second kappa shape index (κ2) is 7.53. The molecule has 1 aromatic carbocycles. The smallest absolute Gasteiger partial charge is 0.229 e. The number of aryl methyl sites for hydroxylation is 1. The molecule has 0 saturated carbocycles. The minimum Gasteiger partial charge on any atom is -0.387 e. The fraction of sp³-hybridized carbons (Fsp3) is 0.429. The van der Waals surface area contributed by atoms with Crippen LogP contribution in [0.5, 0.6) is 0 Å². The van der Waals surface area contributed by atoms with Gasteiger partial charge in [-0.05, 0) is 25.0 Å². The number of carbonyl (C=O) groups is 2. The van der Waals surface area contributed by atoms with Crippen LogP contribution in [0, 0.1) is 6.92 Å². The minimum absolute atomic E-state index is 0.100. The Morgan fingerprint density at radius 1 is 1.21 bits per heavy atom. The Labute approximate surface area is 113 Å². The third kappa shape index (κ3) is 5.09. The zero-order chi connectivity index (χ0) is 14.3. The van der Waals surface area contributed by atoms with Crippen molar-refractivity contribution in [3.8, 4) is 0 Å². The van der Waals surface area contributed by atoms with Gasteiger partial charge in [0.2, 0.25) is 11.8 Å². The number of benzene rings is 1. The number of nitrogens with one attached hydrogen (secondary N) is 2. The molecule has 0 heterocycles. The van der Waals surface area contributed by atoms with Crippen molar-refractivity contribution in [2.75, 3.05) is 13.1 Å². The number of carbonyl (C=O) groups excluding carboxylic acids is 2. The number of rotatable bonds is 6. The van der Waals surface area contributed by atoms with Gasteiger partial charge in [-0.25, -0.2) is 0 Å². The lowest BCUT2D eigenvalue weighted by molar-refractivity contribution is -0.129. The summed E-state index contributed by atoms with van der Waals surface area (Å²) in [7, 11) is 0. The Kier molecular flexibility index (Phi) is 6.02. The number of aliphatic hydroxyl groups excluding tert-OH is 1. The predicted octanol–water partition coefficient (Wildman–Crippen LogP) is 0.671. The van der Waals surface area contributed by atoms with Gasteiger partial charge in [-0.2, -0.15) is 0 Å². The third-order valence-electron chi connectivity index (χ3n) is 2.74. The molecule has 0 aliphatic rings. The van der Waals surface area contributed by atoms with Crippen molar-refractivity contribution in [3.05, 3.63) is 35.4 Å². The highest BCUT2D eigenvalue weighted by Gasteiger charge is 2.13. The predicted molar refractivity (Wildman–Crippen MR) is 72.4 cm³/mol. The molecule has 0 bridgehead atoms. The van der Waals surface area contributed by atoms with Gasteiger partial charge in [0.1, 0.15) is 6.42 Å². The van der Waals surface area contributed by atoms with E-state index in [0.717, 1.165) is 11.1 Å².